The van der Waals surface area contributed by atoms with E-state index in [0.29, 0.717) is 16.8 Å². The fourth-order valence-corrected chi connectivity index (χ4v) is 5.08. The first-order valence-electron chi connectivity index (χ1n) is 9.99. The summed E-state index contributed by atoms with van der Waals surface area (Å²) in [5.74, 6) is -4.29. The lowest BCUT2D eigenvalue weighted by atomic mass is 10.1. The molecule has 4 nitrogen and oxygen atoms in total. The summed E-state index contributed by atoms with van der Waals surface area (Å²) < 4.78 is 25.7. The zero-order chi connectivity index (χ0) is 24.8. The average Bonchev–Trinajstić information content (AvgIpc) is 3.32. The zero-order valence-corrected chi connectivity index (χ0v) is 20.5. The molecule has 4 rings (SSSR count). The smallest absolute Gasteiger partial charge is 0.258 e. The molecule has 0 spiro atoms. The van der Waals surface area contributed by atoms with Crippen LogP contribution in [0.5, 0.6) is 0 Å². The third-order valence-electron chi connectivity index (χ3n) is 5.42. The van der Waals surface area contributed by atoms with Crippen molar-refractivity contribution in [2.24, 2.45) is 5.92 Å². The van der Waals surface area contributed by atoms with E-state index >= 15 is 0 Å². The highest BCUT2D eigenvalue weighted by Crippen LogP contribution is 2.65. The minimum atomic E-state index is -1.31. The van der Waals surface area contributed by atoms with E-state index in [0.717, 1.165) is 23.3 Å². The fraction of sp³-hybridized carbons (Fsp3) is 0.167. The summed E-state index contributed by atoms with van der Waals surface area (Å²) in [7, 11) is 0. The fourth-order valence-electron chi connectivity index (χ4n) is 3.79. The summed E-state index contributed by atoms with van der Waals surface area (Å²) in [5, 5.41) is 5.84. The Kier molecular flexibility index (Phi) is 6.80. The summed E-state index contributed by atoms with van der Waals surface area (Å²) in [6.07, 6.45) is 0. The van der Waals surface area contributed by atoms with Crippen LogP contribution < -0.4 is 10.6 Å². The van der Waals surface area contributed by atoms with Gasteiger partial charge >= 0.3 is 0 Å². The molecule has 176 valence electrons. The molecule has 2 unspecified atom stereocenters. The molecule has 1 aliphatic carbocycles. The van der Waals surface area contributed by atoms with Gasteiger partial charge in [0, 0.05) is 22.7 Å². The lowest BCUT2D eigenvalue weighted by Crippen LogP contribution is -2.18. The zero-order valence-electron chi connectivity index (χ0n) is 17.4. The van der Waals surface area contributed by atoms with Crippen LogP contribution in [0, 0.1) is 24.5 Å². The molecule has 3 aromatic carbocycles. The Morgan fingerprint density at radius 3 is 2.35 bits per heavy atom. The number of anilines is 2. The third kappa shape index (κ3) is 5.01. The van der Waals surface area contributed by atoms with E-state index in [4.69, 9.17) is 46.4 Å². The van der Waals surface area contributed by atoms with Crippen molar-refractivity contribution >= 4 is 69.6 Å². The van der Waals surface area contributed by atoms with Gasteiger partial charge in [-0.05, 0) is 60.5 Å². The molecule has 2 atom stereocenters. The van der Waals surface area contributed by atoms with Gasteiger partial charge in [0.2, 0.25) is 5.91 Å². The van der Waals surface area contributed by atoms with Crippen molar-refractivity contribution in [3.8, 4) is 0 Å². The number of hydrogen-bond donors (Lipinski definition) is 2. The molecule has 2 amide bonds. The van der Waals surface area contributed by atoms with E-state index in [9.17, 15) is 18.4 Å². The quantitative estimate of drug-likeness (QED) is 0.330. The monoisotopic (exact) mass is 542 g/mol. The van der Waals surface area contributed by atoms with Crippen molar-refractivity contribution < 1.29 is 18.4 Å². The molecule has 34 heavy (non-hydrogen) atoms. The van der Waals surface area contributed by atoms with Gasteiger partial charge in [0.15, 0.2) is 0 Å². The first-order valence-corrected chi connectivity index (χ1v) is 11.5. The van der Waals surface area contributed by atoms with Gasteiger partial charge in [-0.1, -0.05) is 29.3 Å². The predicted octanol–water partition coefficient (Wildman–Crippen LogP) is 7.36. The lowest BCUT2D eigenvalue weighted by Gasteiger charge is -2.11. The van der Waals surface area contributed by atoms with Crippen molar-refractivity contribution in [2.75, 3.05) is 10.6 Å². The minimum Gasteiger partial charge on any atom is -0.326 e. The van der Waals surface area contributed by atoms with Gasteiger partial charge in [-0.3, -0.25) is 9.59 Å². The Morgan fingerprint density at radius 1 is 0.941 bits per heavy atom. The summed E-state index contributed by atoms with van der Waals surface area (Å²) in [4.78, 5) is 25.4. The highest BCUT2D eigenvalue weighted by Gasteiger charge is 2.67. The number of alkyl halides is 2. The third-order valence-corrected chi connectivity index (χ3v) is 6.91. The highest BCUT2D eigenvalue weighted by atomic mass is 35.5. The van der Waals surface area contributed by atoms with Crippen molar-refractivity contribution in [3.05, 3.63) is 93.0 Å². The summed E-state index contributed by atoms with van der Waals surface area (Å²) in [5.41, 5.74) is 1.72. The predicted molar refractivity (Wildman–Crippen MR) is 131 cm³/mol. The Morgan fingerprint density at radius 2 is 1.68 bits per heavy atom. The van der Waals surface area contributed by atoms with Crippen LogP contribution in [0.25, 0.3) is 0 Å². The first kappa shape index (κ1) is 24.7. The number of hydrogen-bond acceptors (Lipinski definition) is 2. The van der Waals surface area contributed by atoms with Gasteiger partial charge in [0.25, 0.3) is 5.91 Å². The van der Waals surface area contributed by atoms with Crippen LogP contribution in [0.3, 0.4) is 0 Å². The Hall–Kier alpha value is -2.38. The van der Waals surface area contributed by atoms with Gasteiger partial charge in [-0.25, -0.2) is 8.78 Å². The SMILES string of the molecule is Cc1cc(Cl)cc(C2C(C(=O)Nc3ccc(Cl)c(NC(=O)c4ccc(F)cc4F)c3)C2(Cl)Cl)c1. The number of rotatable bonds is 5. The minimum absolute atomic E-state index is 0.119. The molecule has 3 aromatic rings. The van der Waals surface area contributed by atoms with E-state index in [1.165, 1.54) is 18.2 Å². The maximum Gasteiger partial charge on any atom is 0.258 e. The second-order valence-electron chi connectivity index (χ2n) is 7.95. The first-order chi connectivity index (χ1) is 16.0. The summed E-state index contributed by atoms with van der Waals surface area (Å²) in [6.45, 7) is 1.87. The number of benzene rings is 3. The van der Waals surface area contributed by atoms with Crippen molar-refractivity contribution in [1.29, 1.82) is 0 Å². The van der Waals surface area contributed by atoms with E-state index < -0.39 is 39.6 Å². The second kappa shape index (κ2) is 9.34. The number of amides is 2. The molecule has 0 bridgehead atoms. The van der Waals surface area contributed by atoms with Crippen LogP contribution in [0.1, 0.15) is 27.4 Å². The van der Waals surface area contributed by atoms with E-state index in [2.05, 4.69) is 10.6 Å². The van der Waals surface area contributed by atoms with Crippen LogP contribution in [0.2, 0.25) is 10.0 Å². The normalized spacial score (nSPS) is 18.3. The van der Waals surface area contributed by atoms with Crippen LogP contribution >= 0.6 is 46.4 Å². The summed E-state index contributed by atoms with van der Waals surface area (Å²) in [6, 6.07) is 12.3. The molecule has 1 fully saturated rings. The number of aryl methyl sites for hydroxylation is 1. The van der Waals surface area contributed by atoms with Gasteiger partial charge in [0.05, 0.1) is 22.2 Å². The lowest BCUT2D eigenvalue weighted by molar-refractivity contribution is -0.117. The molecule has 0 saturated heterocycles. The van der Waals surface area contributed by atoms with Crippen LogP contribution in [0.4, 0.5) is 20.2 Å². The van der Waals surface area contributed by atoms with E-state index in [-0.39, 0.29) is 16.3 Å². The number of carbonyl (C=O) groups excluding carboxylic acids is 2. The van der Waals surface area contributed by atoms with Gasteiger partial charge < -0.3 is 10.6 Å². The second-order valence-corrected chi connectivity index (χ2v) is 10.2. The number of carbonyl (C=O) groups is 2. The molecule has 2 N–H and O–H groups in total. The summed E-state index contributed by atoms with van der Waals surface area (Å²) >= 11 is 25.1. The number of nitrogens with one attached hydrogen (secondary N) is 2. The Bertz CT molecular complexity index is 1300. The molecule has 0 aromatic heterocycles. The van der Waals surface area contributed by atoms with Gasteiger partial charge in [-0.15, -0.1) is 23.2 Å². The van der Waals surface area contributed by atoms with Crippen LogP contribution in [0.15, 0.2) is 54.6 Å². The van der Waals surface area contributed by atoms with Crippen LogP contribution in [-0.2, 0) is 4.79 Å². The maximum absolute atomic E-state index is 13.9. The molecule has 0 aliphatic heterocycles. The molecular formula is C24H16Cl4F2N2O2. The van der Waals surface area contributed by atoms with Crippen molar-refractivity contribution in [2.45, 2.75) is 17.2 Å². The highest BCUT2D eigenvalue weighted by molar-refractivity contribution is 6.53. The van der Waals surface area contributed by atoms with Crippen molar-refractivity contribution in [3.63, 3.8) is 0 Å². The molecule has 0 radical (unpaired) electrons. The van der Waals surface area contributed by atoms with Gasteiger partial charge in [0.1, 0.15) is 16.0 Å². The molecule has 0 heterocycles. The standard InChI is InChI=1S/C24H16Cl4F2N2O2/c1-11-6-12(8-13(25)7-11)20-21(24(20,27)28)23(34)31-15-3-5-17(26)19(10-15)32-22(33)16-4-2-14(29)9-18(16)30/h2-10,20-21H,1H3,(H,31,34)(H,32,33). The van der Waals surface area contributed by atoms with E-state index in [1.54, 1.807) is 12.1 Å². The largest absolute Gasteiger partial charge is 0.326 e. The molecule has 1 saturated carbocycles. The maximum atomic E-state index is 13.9. The van der Waals surface area contributed by atoms with Crippen LogP contribution in [-0.4, -0.2) is 16.1 Å². The average molecular weight is 544 g/mol. The molecular weight excluding hydrogens is 528 g/mol. The Balaban J connectivity index is 1.51. The number of halogens is 6. The molecule has 10 heteroatoms. The Labute approximate surface area is 214 Å². The van der Waals surface area contributed by atoms with Crippen molar-refractivity contribution in [1.82, 2.24) is 0 Å². The van der Waals surface area contributed by atoms with Gasteiger partial charge in [-0.2, -0.15) is 0 Å². The topological polar surface area (TPSA) is 58.2 Å². The van der Waals surface area contributed by atoms with E-state index in [1.807, 2.05) is 13.0 Å². The molecule has 1 aliphatic rings.